The van der Waals surface area contributed by atoms with Gasteiger partial charge in [0.05, 0.1) is 28.1 Å². The number of benzene rings is 2. The molecule has 1 aliphatic heterocycles. The first-order valence-electron chi connectivity index (χ1n) is 11.9. The summed E-state index contributed by atoms with van der Waals surface area (Å²) in [7, 11) is 0.623. The van der Waals surface area contributed by atoms with Crippen molar-refractivity contribution in [3.63, 3.8) is 0 Å². The maximum absolute atomic E-state index is 13.4. The van der Waals surface area contributed by atoms with Crippen molar-refractivity contribution in [1.29, 1.82) is 0 Å². The Bertz CT molecular complexity index is 1520. The minimum Gasteiger partial charge on any atom is -0.307 e. The van der Waals surface area contributed by atoms with Gasteiger partial charge in [-0.25, -0.2) is 13.2 Å². The van der Waals surface area contributed by atoms with Crippen LogP contribution in [0, 0.1) is 0 Å². The van der Waals surface area contributed by atoms with Crippen molar-refractivity contribution in [3.8, 4) is 0 Å². The van der Waals surface area contributed by atoms with Crippen LogP contribution in [-0.4, -0.2) is 66.7 Å². The average Bonchev–Trinajstić information content (AvgIpc) is 2.83. The number of piperidine rings is 1. The number of aromatic nitrogens is 2. The Labute approximate surface area is 223 Å². The Kier molecular flexibility index (Phi) is 8.11. The minimum atomic E-state index is -3.57. The normalized spacial score (nSPS) is 17.2. The number of hydrogen-bond donors (Lipinski definition) is 1. The maximum atomic E-state index is 13.4. The highest BCUT2D eigenvalue weighted by molar-refractivity contribution is 9.10. The van der Waals surface area contributed by atoms with Crippen molar-refractivity contribution in [2.24, 2.45) is 0 Å². The van der Waals surface area contributed by atoms with Gasteiger partial charge < -0.3 is 9.88 Å². The summed E-state index contributed by atoms with van der Waals surface area (Å²) in [6.45, 7) is 3.99. The number of nitrogens with one attached hydrogen (secondary N) is 1. The summed E-state index contributed by atoms with van der Waals surface area (Å²) in [5, 5.41) is 0.670. The number of likely N-dealkylation sites (N-methyl/N-ethyl adjacent to an activating group) is 1. The van der Waals surface area contributed by atoms with E-state index in [1.165, 1.54) is 24.6 Å². The Morgan fingerprint density at radius 1 is 1.14 bits per heavy atom. The SMILES string of the molecule is CCS(=O)(=O)c1ccc(Cl)cc1Cn1c(=O)[nH]c2cc(CN3CCCC(N(C)C)C3)c(Br)cc2c1=O. The van der Waals surface area contributed by atoms with E-state index < -0.39 is 21.1 Å². The molecule has 3 aromatic rings. The first-order chi connectivity index (χ1) is 17.0. The Morgan fingerprint density at radius 3 is 2.58 bits per heavy atom. The van der Waals surface area contributed by atoms with Gasteiger partial charge >= 0.3 is 5.69 Å². The summed E-state index contributed by atoms with van der Waals surface area (Å²) >= 11 is 9.73. The summed E-state index contributed by atoms with van der Waals surface area (Å²) in [5.41, 5.74) is 0.638. The fourth-order valence-corrected chi connectivity index (χ4v) is 6.49. The number of halogens is 2. The standard InChI is InChI=1S/C25H30BrClN4O4S/c1-4-36(34,35)23-8-7-18(27)10-17(23)14-31-24(32)20-12-21(26)16(11-22(20)28-25(31)33)13-30-9-5-6-19(15-30)29(2)3/h7-8,10-12,19H,4-6,9,13-15H2,1-3H3,(H,28,33). The van der Waals surface area contributed by atoms with Crippen molar-refractivity contribution in [2.45, 2.75) is 43.8 Å². The minimum absolute atomic E-state index is 0.0647. The van der Waals surface area contributed by atoms with Gasteiger partial charge in [0.2, 0.25) is 0 Å². The van der Waals surface area contributed by atoms with Crippen LogP contribution in [0.4, 0.5) is 0 Å². The zero-order valence-corrected chi connectivity index (χ0v) is 23.7. The van der Waals surface area contributed by atoms with E-state index in [-0.39, 0.29) is 17.2 Å². The van der Waals surface area contributed by atoms with E-state index in [0.717, 1.165) is 34.1 Å². The molecule has 1 aromatic heterocycles. The average molecular weight is 598 g/mol. The van der Waals surface area contributed by atoms with Gasteiger partial charge in [-0.15, -0.1) is 0 Å². The molecule has 2 heterocycles. The highest BCUT2D eigenvalue weighted by Gasteiger charge is 2.23. The molecule has 11 heteroatoms. The van der Waals surface area contributed by atoms with Crippen LogP contribution in [0.5, 0.6) is 0 Å². The number of hydrogen-bond acceptors (Lipinski definition) is 6. The van der Waals surface area contributed by atoms with Crippen molar-refractivity contribution in [1.82, 2.24) is 19.4 Å². The molecule has 1 unspecified atom stereocenters. The fraction of sp³-hybridized carbons (Fsp3) is 0.440. The van der Waals surface area contributed by atoms with Crippen molar-refractivity contribution in [2.75, 3.05) is 32.9 Å². The molecular formula is C25H30BrClN4O4S. The quantitative estimate of drug-likeness (QED) is 0.448. The summed E-state index contributed by atoms with van der Waals surface area (Å²) in [6.07, 6.45) is 2.29. The first-order valence-corrected chi connectivity index (χ1v) is 14.7. The third kappa shape index (κ3) is 5.62. The molecule has 2 aromatic carbocycles. The molecule has 0 bridgehead atoms. The number of H-pyrrole nitrogens is 1. The molecule has 4 rings (SSSR count). The lowest BCUT2D eigenvalue weighted by molar-refractivity contribution is 0.128. The van der Waals surface area contributed by atoms with Gasteiger partial charge in [0.1, 0.15) is 0 Å². The zero-order valence-electron chi connectivity index (χ0n) is 20.6. The molecule has 0 saturated carbocycles. The van der Waals surface area contributed by atoms with E-state index in [0.29, 0.717) is 34.1 Å². The molecular weight excluding hydrogens is 568 g/mol. The number of rotatable bonds is 7. The van der Waals surface area contributed by atoms with Gasteiger partial charge in [0.15, 0.2) is 9.84 Å². The molecule has 1 aliphatic rings. The molecule has 0 radical (unpaired) electrons. The molecule has 36 heavy (non-hydrogen) atoms. The number of fused-ring (bicyclic) bond motifs is 1. The molecule has 194 valence electrons. The molecule has 1 saturated heterocycles. The highest BCUT2D eigenvalue weighted by atomic mass is 79.9. The lowest BCUT2D eigenvalue weighted by Gasteiger charge is -2.36. The molecule has 0 amide bonds. The Morgan fingerprint density at radius 2 is 1.89 bits per heavy atom. The lowest BCUT2D eigenvalue weighted by Crippen LogP contribution is -2.44. The number of sulfone groups is 1. The number of nitrogens with zero attached hydrogens (tertiary/aromatic N) is 3. The van der Waals surface area contributed by atoms with Crippen molar-refractivity contribution in [3.05, 3.63) is 71.8 Å². The lowest BCUT2D eigenvalue weighted by atomic mass is 10.0. The van der Waals surface area contributed by atoms with Crippen LogP contribution >= 0.6 is 27.5 Å². The van der Waals surface area contributed by atoms with Gasteiger partial charge in [0, 0.05) is 28.6 Å². The van der Waals surface area contributed by atoms with Crippen LogP contribution in [0.3, 0.4) is 0 Å². The third-order valence-electron chi connectivity index (χ3n) is 6.82. The van der Waals surface area contributed by atoms with E-state index in [1.807, 2.05) is 6.07 Å². The molecule has 0 aliphatic carbocycles. The van der Waals surface area contributed by atoms with Crippen LogP contribution < -0.4 is 11.2 Å². The topological polar surface area (TPSA) is 95.5 Å². The Hall–Kier alpha value is -1.98. The maximum Gasteiger partial charge on any atom is 0.329 e. The van der Waals surface area contributed by atoms with Gasteiger partial charge in [-0.1, -0.05) is 34.5 Å². The van der Waals surface area contributed by atoms with Crippen LogP contribution in [0.2, 0.25) is 5.02 Å². The van der Waals surface area contributed by atoms with Gasteiger partial charge in [-0.05, 0) is 74.9 Å². The highest BCUT2D eigenvalue weighted by Crippen LogP contribution is 2.26. The smallest absolute Gasteiger partial charge is 0.307 e. The predicted octanol–water partition coefficient (Wildman–Crippen LogP) is 3.47. The second-order valence-corrected chi connectivity index (χ2v) is 13.0. The summed E-state index contributed by atoms with van der Waals surface area (Å²) in [4.78, 5) is 33.9. The van der Waals surface area contributed by atoms with Crippen molar-refractivity contribution < 1.29 is 8.42 Å². The van der Waals surface area contributed by atoms with E-state index in [4.69, 9.17) is 11.6 Å². The zero-order chi connectivity index (χ0) is 26.2. The molecule has 0 spiro atoms. The summed E-state index contributed by atoms with van der Waals surface area (Å²) < 4.78 is 27.0. The van der Waals surface area contributed by atoms with E-state index >= 15 is 0 Å². The van der Waals surface area contributed by atoms with E-state index in [1.54, 1.807) is 13.0 Å². The predicted molar refractivity (Wildman–Crippen MR) is 147 cm³/mol. The second kappa shape index (κ2) is 10.8. The molecule has 8 nitrogen and oxygen atoms in total. The number of likely N-dealkylation sites (tertiary alicyclic amines) is 1. The van der Waals surface area contributed by atoms with E-state index in [9.17, 15) is 18.0 Å². The van der Waals surface area contributed by atoms with Crippen LogP contribution in [0.15, 0.2) is 49.3 Å². The van der Waals surface area contributed by atoms with Gasteiger partial charge in [-0.3, -0.25) is 14.3 Å². The monoisotopic (exact) mass is 596 g/mol. The third-order valence-corrected chi connectivity index (χ3v) is 9.62. The summed E-state index contributed by atoms with van der Waals surface area (Å²) in [6, 6.07) is 8.47. The van der Waals surface area contributed by atoms with Gasteiger partial charge in [0.25, 0.3) is 5.56 Å². The molecule has 1 atom stereocenters. The van der Waals surface area contributed by atoms with E-state index in [2.05, 4.69) is 44.8 Å². The molecule has 1 fully saturated rings. The first kappa shape index (κ1) is 27.1. The second-order valence-electron chi connectivity index (χ2n) is 9.46. The number of aromatic amines is 1. The van der Waals surface area contributed by atoms with Crippen molar-refractivity contribution >= 4 is 48.3 Å². The van der Waals surface area contributed by atoms with Crippen LogP contribution in [-0.2, 0) is 22.9 Å². The van der Waals surface area contributed by atoms with Crippen LogP contribution in [0.25, 0.3) is 10.9 Å². The molecule has 1 N–H and O–H groups in total. The van der Waals surface area contributed by atoms with Crippen LogP contribution in [0.1, 0.15) is 30.9 Å². The fourth-order valence-electron chi connectivity index (χ4n) is 4.72. The van der Waals surface area contributed by atoms with Gasteiger partial charge in [-0.2, -0.15) is 0 Å². The largest absolute Gasteiger partial charge is 0.329 e. The Balaban J connectivity index is 1.71. The summed E-state index contributed by atoms with van der Waals surface area (Å²) in [5.74, 6) is -0.105.